The molecule has 3 aromatic rings. The van der Waals surface area contributed by atoms with Gasteiger partial charge < -0.3 is 29.3 Å². The maximum Gasteiger partial charge on any atom is 0.331 e. The van der Waals surface area contributed by atoms with Gasteiger partial charge in [-0.1, -0.05) is 12.1 Å². The van der Waals surface area contributed by atoms with Crippen LogP contribution in [-0.2, 0) is 14.3 Å². The van der Waals surface area contributed by atoms with Gasteiger partial charge in [0.2, 0.25) is 6.79 Å². The minimum absolute atomic E-state index is 0.130. The van der Waals surface area contributed by atoms with Crippen LogP contribution in [0.3, 0.4) is 0 Å². The van der Waals surface area contributed by atoms with E-state index < -0.39 is 24.4 Å². The Bertz CT molecular complexity index is 1170. The smallest absolute Gasteiger partial charge is 0.331 e. The van der Waals surface area contributed by atoms with Crippen LogP contribution in [-0.4, -0.2) is 31.2 Å². The van der Waals surface area contributed by atoms with Gasteiger partial charge >= 0.3 is 5.97 Å². The summed E-state index contributed by atoms with van der Waals surface area (Å²) in [7, 11) is 0. The molecular weight excluding hydrogens is 416 g/mol. The summed E-state index contributed by atoms with van der Waals surface area (Å²) in [5.41, 5.74) is 1.03. The zero-order valence-electron chi connectivity index (χ0n) is 16.7. The van der Waals surface area contributed by atoms with E-state index >= 15 is 0 Å². The summed E-state index contributed by atoms with van der Waals surface area (Å²) >= 11 is 0. The molecule has 32 heavy (non-hydrogen) atoms. The van der Waals surface area contributed by atoms with Crippen LogP contribution in [0.15, 0.2) is 71.4 Å². The van der Waals surface area contributed by atoms with E-state index in [0.717, 1.165) is 6.08 Å². The Balaban J connectivity index is 1.34. The van der Waals surface area contributed by atoms with E-state index in [0.29, 0.717) is 22.9 Å². The van der Waals surface area contributed by atoms with Crippen LogP contribution in [0.1, 0.15) is 16.1 Å². The number of hydrogen-bond donors (Lipinski definition) is 2. The predicted octanol–water partition coefficient (Wildman–Crippen LogP) is 3.46. The lowest BCUT2D eigenvalue weighted by molar-refractivity contribution is -0.142. The number of furan rings is 1. The standard InChI is InChI=1S/C23H18N2O7/c26-21(13-30-22(27)10-8-16-4-3-11-29-16)25-18-6-2-1-5-17(18)23(28)24-15-7-9-19-20(12-15)32-14-31-19/h1-12H,13-14H2,(H,24,28)(H,25,26)/b10-8+. The lowest BCUT2D eigenvalue weighted by Crippen LogP contribution is -2.22. The molecular formula is C23H18N2O7. The first-order chi connectivity index (χ1) is 15.6. The number of esters is 1. The highest BCUT2D eigenvalue weighted by Crippen LogP contribution is 2.34. The van der Waals surface area contributed by atoms with E-state index in [9.17, 15) is 14.4 Å². The van der Waals surface area contributed by atoms with Gasteiger partial charge in [0.1, 0.15) is 5.76 Å². The van der Waals surface area contributed by atoms with Crippen molar-refractivity contribution in [2.45, 2.75) is 0 Å². The minimum atomic E-state index is -0.703. The molecule has 162 valence electrons. The van der Waals surface area contributed by atoms with Crippen molar-refractivity contribution in [3.05, 3.63) is 78.3 Å². The van der Waals surface area contributed by atoms with Gasteiger partial charge in [-0.3, -0.25) is 9.59 Å². The zero-order valence-corrected chi connectivity index (χ0v) is 16.7. The highest BCUT2D eigenvalue weighted by atomic mass is 16.7. The Morgan fingerprint density at radius 3 is 2.66 bits per heavy atom. The molecule has 0 saturated heterocycles. The molecule has 0 unspecified atom stereocenters. The van der Waals surface area contributed by atoms with Crippen LogP contribution < -0.4 is 20.1 Å². The van der Waals surface area contributed by atoms with E-state index in [2.05, 4.69) is 10.6 Å². The topological polar surface area (TPSA) is 116 Å². The molecule has 0 spiro atoms. The van der Waals surface area contributed by atoms with Gasteiger partial charge in [0, 0.05) is 17.8 Å². The Kier molecular flexibility index (Phi) is 6.17. The molecule has 0 radical (unpaired) electrons. The number of benzene rings is 2. The zero-order chi connectivity index (χ0) is 22.3. The Labute approximate surface area is 182 Å². The van der Waals surface area contributed by atoms with Crippen molar-refractivity contribution in [1.29, 1.82) is 0 Å². The van der Waals surface area contributed by atoms with Gasteiger partial charge in [0.15, 0.2) is 18.1 Å². The minimum Gasteiger partial charge on any atom is -0.465 e. The molecule has 2 heterocycles. The number of fused-ring (bicyclic) bond motifs is 1. The molecule has 2 amide bonds. The number of para-hydroxylation sites is 1. The summed E-state index contributed by atoms with van der Waals surface area (Å²) in [6, 6.07) is 14.9. The van der Waals surface area contributed by atoms with E-state index in [1.807, 2.05) is 0 Å². The van der Waals surface area contributed by atoms with Crippen molar-refractivity contribution in [2.24, 2.45) is 0 Å². The lowest BCUT2D eigenvalue weighted by atomic mass is 10.1. The molecule has 1 aliphatic rings. The first kappa shape index (κ1) is 20.7. The summed E-state index contributed by atoms with van der Waals surface area (Å²) < 4.78 is 20.5. The largest absolute Gasteiger partial charge is 0.465 e. The van der Waals surface area contributed by atoms with Crippen LogP contribution in [0.5, 0.6) is 11.5 Å². The SMILES string of the molecule is O=C(COC(=O)/C=C/c1ccco1)Nc1ccccc1C(=O)Nc1ccc2c(c1)OCO2. The molecule has 9 heteroatoms. The maximum atomic E-state index is 12.7. The second-order valence-corrected chi connectivity index (χ2v) is 6.57. The number of ether oxygens (including phenoxy) is 3. The molecule has 0 bridgehead atoms. The highest BCUT2D eigenvalue weighted by molar-refractivity contribution is 6.10. The summed E-state index contributed by atoms with van der Waals surface area (Å²) in [6.45, 7) is -0.385. The van der Waals surface area contributed by atoms with Crippen molar-refractivity contribution in [1.82, 2.24) is 0 Å². The first-order valence-electron chi connectivity index (χ1n) is 9.57. The molecule has 2 N–H and O–H groups in total. The average Bonchev–Trinajstić information content (AvgIpc) is 3.48. The third-order valence-corrected chi connectivity index (χ3v) is 4.35. The van der Waals surface area contributed by atoms with Gasteiger partial charge in [0.25, 0.3) is 11.8 Å². The summed E-state index contributed by atoms with van der Waals surface area (Å²) in [4.78, 5) is 36.7. The number of amides is 2. The van der Waals surface area contributed by atoms with Crippen LogP contribution in [0.25, 0.3) is 6.08 Å². The fourth-order valence-electron chi connectivity index (χ4n) is 2.87. The van der Waals surface area contributed by atoms with Crippen LogP contribution in [0, 0.1) is 0 Å². The van der Waals surface area contributed by atoms with Crippen LogP contribution in [0.2, 0.25) is 0 Å². The normalized spacial score (nSPS) is 11.9. The Morgan fingerprint density at radius 2 is 1.81 bits per heavy atom. The third kappa shape index (κ3) is 5.14. The second-order valence-electron chi connectivity index (χ2n) is 6.57. The van der Waals surface area contributed by atoms with Crippen LogP contribution in [0.4, 0.5) is 11.4 Å². The van der Waals surface area contributed by atoms with Gasteiger partial charge in [0.05, 0.1) is 17.5 Å². The summed E-state index contributed by atoms with van der Waals surface area (Å²) in [6.07, 6.45) is 4.05. The average molecular weight is 434 g/mol. The van der Waals surface area contributed by atoms with Crippen molar-refractivity contribution in [2.75, 3.05) is 24.0 Å². The van der Waals surface area contributed by atoms with E-state index in [1.165, 1.54) is 12.3 Å². The third-order valence-electron chi connectivity index (χ3n) is 4.35. The van der Waals surface area contributed by atoms with Crippen molar-refractivity contribution in [3.63, 3.8) is 0 Å². The molecule has 1 aromatic heterocycles. The van der Waals surface area contributed by atoms with Crippen molar-refractivity contribution < 1.29 is 33.0 Å². The number of anilines is 2. The van der Waals surface area contributed by atoms with Gasteiger partial charge in [-0.25, -0.2) is 4.79 Å². The molecule has 0 saturated carbocycles. The van der Waals surface area contributed by atoms with E-state index in [4.69, 9.17) is 18.6 Å². The van der Waals surface area contributed by atoms with Crippen LogP contribution >= 0.6 is 0 Å². The summed E-state index contributed by atoms with van der Waals surface area (Å²) in [5, 5.41) is 5.33. The Morgan fingerprint density at radius 1 is 0.969 bits per heavy atom. The highest BCUT2D eigenvalue weighted by Gasteiger charge is 2.17. The molecule has 0 aliphatic carbocycles. The fourth-order valence-corrected chi connectivity index (χ4v) is 2.87. The Hall–Kier alpha value is -4.53. The number of nitrogens with one attached hydrogen (secondary N) is 2. The maximum absolute atomic E-state index is 12.7. The molecule has 0 fully saturated rings. The second kappa shape index (κ2) is 9.52. The lowest BCUT2D eigenvalue weighted by Gasteiger charge is -2.12. The number of carbonyl (C=O) groups is 3. The first-order valence-corrected chi connectivity index (χ1v) is 9.57. The number of rotatable bonds is 7. The quantitative estimate of drug-likeness (QED) is 0.432. The fraction of sp³-hybridized carbons (Fsp3) is 0.0870. The molecule has 0 atom stereocenters. The molecule has 1 aliphatic heterocycles. The number of carbonyl (C=O) groups excluding carboxylic acids is 3. The number of hydrogen-bond acceptors (Lipinski definition) is 7. The molecule has 2 aromatic carbocycles. The van der Waals surface area contributed by atoms with Gasteiger partial charge in [-0.15, -0.1) is 0 Å². The molecule has 9 nitrogen and oxygen atoms in total. The van der Waals surface area contributed by atoms with E-state index in [-0.39, 0.29) is 18.0 Å². The summed E-state index contributed by atoms with van der Waals surface area (Å²) in [5.74, 6) is -0.109. The monoisotopic (exact) mass is 434 g/mol. The van der Waals surface area contributed by atoms with Gasteiger partial charge in [-0.05, 0) is 42.5 Å². The van der Waals surface area contributed by atoms with Crippen molar-refractivity contribution >= 4 is 35.2 Å². The van der Waals surface area contributed by atoms with E-state index in [1.54, 1.807) is 54.6 Å². The van der Waals surface area contributed by atoms with Crippen molar-refractivity contribution in [3.8, 4) is 11.5 Å². The molecule has 4 rings (SSSR count). The van der Waals surface area contributed by atoms with Gasteiger partial charge in [-0.2, -0.15) is 0 Å². The predicted molar refractivity (Wildman–Crippen MR) is 114 cm³/mol.